The first-order valence-electron chi connectivity index (χ1n) is 4.36. The van der Waals surface area contributed by atoms with Crippen LogP contribution in [0.2, 0.25) is 0 Å². The van der Waals surface area contributed by atoms with Crippen LogP contribution in [0, 0.1) is 0 Å². The Bertz CT molecular complexity index is 166. The van der Waals surface area contributed by atoms with Gasteiger partial charge in [-0.2, -0.15) is 0 Å². The number of nitrogens with one attached hydrogen (secondary N) is 1. The number of alkyl halides is 1. The summed E-state index contributed by atoms with van der Waals surface area (Å²) in [4.78, 5) is 6.08. The van der Waals surface area contributed by atoms with Crippen molar-refractivity contribution in [3.63, 3.8) is 0 Å². The summed E-state index contributed by atoms with van der Waals surface area (Å²) in [6.45, 7) is 4.85. The highest BCUT2D eigenvalue weighted by Crippen LogP contribution is 1.89. The number of hydrogen-bond donors (Lipinski definition) is 1. The molecule has 0 aliphatic rings. The van der Waals surface area contributed by atoms with E-state index in [0.29, 0.717) is 0 Å². The Morgan fingerprint density at radius 3 is 2.31 bits per heavy atom. The standard InChI is InChI=1S/C7H10N2.C2H6.CH3I/c1-8-6-7-4-2-3-5-9-7;2*1-2/h2-5,8H,6H2,1H3;1-2H3;1H3. The van der Waals surface area contributed by atoms with Crippen LogP contribution in [0.25, 0.3) is 0 Å². The highest BCUT2D eigenvalue weighted by atomic mass is 127. The smallest absolute Gasteiger partial charge is 0.0541 e. The van der Waals surface area contributed by atoms with Crippen LogP contribution in [0.4, 0.5) is 0 Å². The van der Waals surface area contributed by atoms with Crippen LogP contribution in [0.1, 0.15) is 19.5 Å². The van der Waals surface area contributed by atoms with Gasteiger partial charge in [-0.15, -0.1) is 0 Å². The molecule has 0 radical (unpaired) electrons. The summed E-state index contributed by atoms with van der Waals surface area (Å²) in [6, 6.07) is 5.90. The number of rotatable bonds is 2. The number of halogens is 1. The van der Waals surface area contributed by atoms with Crippen molar-refractivity contribution in [2.24, 2.45) is 0 Å². The maximum atomic E-state index is 4.11. The molecule has 0 amide bonds. The van der Waals surface area contributed by atoms with Gasteiger partial charge in [0.2, 0.25) is 0 Å². The van der Waals surface area contributed by atoms with E-state index >= 15 is 0 Å². The van der Waals surface area contributed by atoms with Crippen molar-refractivity contribution >= 4 is 22.6 Å². The van der Waals surface area contributed by atoms with Crippen molar-refractivity contribution in [1.29, 1.82) is 0 Å². The summed E-state index contributed by atoms with van der Waals surface area (Å²) in [6.07, 6.45) is 1.80. The molecule has 0 saturated heterocycles. The van der Waals surface area contributed by atoms with Crippen molar-refractivity contribution in [1.82, 2.24) is 10.3 Å². The van der Waals surface area contributed by atoms with Gasteiger partial charge in [0, 0.05) is 12.7 Å². The van der Waals surface area contributed by atoms with Gasteiger partial charge < -0.3 is 5.32 Å². The summed E-state index contributed by atoms with van der Waals surface area (Å²) in [7, 11) is 1.91. The lowest BCUT2D eigenvalue weighted by Crippen LogP contribution is -2.05. The van der Waals surface area contributed by atoms with Gasteiger partial charge in [0.25, 0.3) is 0 Å². The zero-order valence-electron chi connectivity index (χ0n) is 8.84. The molecule has 1 heterocycles. The third-order valence-electron chi connectivity index (χ3n) is 1.08. The molecule has 76 valence electrons. The monoisotopic (exact) mass is 294 g/mol. The zero-order chi connectivity index (χ0) is 10.5. The van der Waals surface area contributed by atoms with E-state index in [4.69, 9.17) is 0 Å². The molecule has 0 aromatic carbocycles. The molecule has 1 aromatic rings. The van der Waals surface area contributed by atoms with E-state index in [1.54, 1.807) is 6.20 Å². The maximum Gasteiger partial charge on any atom is 0.0541 e. The van der Waals surface area contributed by atoms with Gasteiger partial charge in [0.15, 0.2) is 0 Å². The Hall–Kier alpha value is -0.160. The Morgan fingerprint density at radius 2 is 1.92 bits per heavy atom. The first-order chi connectivity index (χ1) is 6.43. The third kappa shape index (κ3) is 9.76. The minimum absolute atomic E-state index is 0.848. The molecule has 3 heteroatoms. The van der Waals surface area contributed by atoms with Gasteiger partial charge in [0.1, 0.15) is 0 Å². The van der Waals surface area contributed by atoms with Crippen molar-refractivity contribution in [2.75, 3.05) is 12.0 Å². The van der Waals surface area contributed by atoms with E-state index in [9.17, 15) is 0 Å². The number of hydrogen-bond acceptors (Lipinski definition) is 2. The van der Waals surface area contributed by atoms with Crippen LogP contribution >= 0.6 is 22.6 Å². The molecule has 0 aliphatic carbocycles. The molecule has 0 saturated carbocycles. The average Bonchev–Trinajstić information content (AvgIpc) is 2.26. The van der Waals surface area contributed by atoms with Gasteiger partial charge in [-0.05, 0) is 24.1 Å². The maximum absolute atomic E-state index is 4.11. The Kier molecular flexibility index (Phi) is 16.9. The third-order valence-corrected chi connectivity index (χ3v) is 1.08. The SMILES string of the molecule is CC.CI.CNCc1ccccn1. The largest absolute Gasteiger partial charge is 0.314 e. The lowest BCUT2D eigenvalue weighted by atomic mass is 10.3. The van der Waals surface area contributed by atoms with Gasteiger partial charge in [-0.3, -0.25) is 4.98 Å². The highest BCUT2D eigenvalue weighted by Gasteiger charge is 1.85. The van der Waals surface area contributed by atoms with Crippen LogP contribution < -0.4 is 5.32 Å². The molecule has 0 atom stereocenters. The molecule has 1 aromatic heterocycles. The van der Waals surface area contributed by atoms with E-state index in [-0.39, 0.29) is 0 Å². The predicted octanol–water partition coefficient (Wildman–Crippen LogP) is 2.88. The van der Waals surface area contributed by atoms with E-state index in [1.165, 1.54) is 0 Å². The van der Waals surface area contributed by atoms with E-state index in [2.05, 4.69) is 32.9 Å². The van der Waals surface area contributed by atoms with Crippen LogP contribution in [-0.4, -0.2) is 17.0 Å². The lowest BCUT2D eigenvalue weighted by molar-refractivity contribution is 0.791. The van der Waals surface area contributed by atoms with Crippen molar-refractivity contribution in [3.05, 3.63) is 30.1 Å². The number of aromatic nitrogens is 1. The quantitative estimate of drug-likeness (QED) is 0.670. The van der Waals surface area contributed by atoms with Gasteiger partial charge in [-0.25, -0.2) is 0 Å². The first-order valence-corrected chi connectivity index (χ1v) is 6.51. The minimum Gasteiger partial charge on any atom is -0.314 e. The van der Waals surface area contributed by atoms with Crippen molar-refractivity contribution in [3.8, 4) is 0 Å². The summed E-state index contributed by atoms with van der Waals surface area (Å²) >= 11 is 2.15. The number of nitrogens with zero attached hydrogens (tertiary/aromatic N) is 1. The molecular formula is C10H19IN2. The van der Waals surface area contributed by atoms with Crippen LogP contribution in [0.15, 0.2) is 24.4 Å². The second-order valence-electron chi connectivity index (χ2n) is 1.85. The Labute approximate surface area is 95.3 Å². The fraction of sp³-hybridized carbons (Fsp3) is 0.500. The fourth-order valence-corrected chi connectivity index (χ4v) is 0.684. The molecule has 0 unspecified atom stereocenters. The van der Waals surface area contributed by atoms with Crippen LogP contribution in [0.3, 0.4) is 0 Å². The predicted molar refractivity (Wildman–Crippen MR) is 68.3 cm³/mol. The van der Waals surface area contributed by atoms with Gasteiger partial charge in [-0.1, -0.05) is 42.5 Å². The molecule has 1 N–H and O–H groups in total. The normalized spacial score (nSPS) is 7.46. The minimum atomic E-state index is 0.848. The van der Waals surface area contributed by atoms with E-state index in [1.807, 2.05) is 44.0 Å². The molecular weight excluding hydrogens is 275 g/mol. The average molecular weight is 294 g/mol. The first kappa shape index (κ1) is 15.3. The molecule has 0 spiro atoms. The summed E-state index contributed by atoms with van der Waals surface area (Å²) in [5.41, 5.74) is 1.08. The van der Waals surface area contributed by atoms with Gasteiger partial charge >= 0.3 is 0 Å². The number of pyridine rings is 1. The molecule has 0 fully saturated rings. The summed E-state index contributed by atoms with van der Waals surface area (Å²) < 4.78 is 0. The summed E-state index contributed by atoms with van der Waals surface area (Å²) in [5, 5.41) is 3.02. The van der Waals surface area contributed by atoms with Gasteiger partial charge in [0.05, 0.1) is 5.69 Å². The molecule has 13 heavy (non-hydrogen) atoms. The van der Waals surface area contributed by atoms with Crippen molar-refractivity contribution in [2.45, 2.75) is 20.4 Å². The molecule has 2 nitrogen and oxygen atoms in total. The van der Waals surface area contributed by atoms with Crippen LogP contribution in [0.5, 0.6) is 0 Å². The second-order valence-corrected chi connectivity index (χ2v) is 1.85. The summed E-state index contributed by atoms with van der Waals surface area (Å²) in [5.74, 6) is 0. The second kappa shape index (κ2) is 14.4. The zero-order valence-corrected chi connectivity index (χ0v) is 11.0. The topological polar surface area (TPSA) is 24.9 Å². The van der Waals surface area contributed by atoms with Crippen molar-refractivity contribution < 1.29 is 0 Å². The molecule has 1 rings (SSSR count). The van der Waals surface area contributed by atoms with Crippen LogP contribution in [-0.2, 0) is 6.54 Å². The fourth-order valence-electron chi connectivity index (χ4n) is 0.684. The Morgan fingerprint density at radius 1 is 1.31 bits per heavy atom. The highest BCUT2D eigenvalue weighted by molar-refractivity contribution is 14.1. The molecule has 0 bridgehead atoms. The Balaban J connectivity index is 0. The van der Waals surface area contributed by atoms with E-state index in [0.717, 1.165) is 12.2 Å². The lowest BCUT2D eigenvalue weighted by Gasteiger charge is -1.94. The van der Waals surface area contributed by atoms with E-state index < -0.39 is 0 Å². The molecule has 0 aliphatic heterocycles.